The summed E-state index contributed by atoms with van der Waals surface area (Å²) >= 11 is 0. The van der Waals surface area contributed by atoms with Crippen LogP contribution >= 0.6 is 0 Å². The normalized spacial score (nSPS) is 26.8. The maximum absolute atomic E-state index is 13.1. The number of halogens is 1. The maximum atomic E-state index is 13.1. The first-order chi connectivity index (χ1) is 9.77. The van der Waals surface area contributed by atoms with Crippen LogP contribution in [-0.4, -0.2) is 6.04 Å². The molecule has 0 amide bonds. The zero-order chi connectivity index (χ0) is 15.6. The summed E-state index contributed by atoms with van der Waals surface area (Å²) in [6, 6.07) is 7.84. The molecule has 0 heterocycles. The molecule has 1 aromatic carbocycles. The predicted octanol–water partition coefficient (Wildman–Crippen LogP) is 5.33. The highest BCUT2D eigenvalue weighted by molar-refractivity contribution is 5.20. The first-order valence-electron chi connectivity index (χ1n) is 8.28. The number of rotatable bonds is 4. The van der Waals surface area contributed by atoms with Gasteiger partial charge in [0.1, 0.15) is 5.82 Å². The van der Waals surface area contributed by atoms with Crippen LogP contribution in [0.1, 0.15) is 65.5 Å². The maximum Gasteiger partial charge on any atom is 0.123 e. The van der Waals surface area contributed by atoms with Gasteiger partial charge in [-0.25, -0.2) is 4.39 Å². The molecule has 1 nitrogen and oxygen atoms in total. The predicted molar refractivity (Wildman–Crippen MR) is 87.7 cm³/mol. The quantitative estimate of drug-likeness (QED) is 0.791. The van der Waals surface area contributed by atoms with Crippen molar-refractivity contribution in [2.45, 2.75) is 66.0 Å². The summed E-state index contributed by atoms with van der Waals surface area (Å²) in [6.45, 7) is 11.6. The summed E-state index contributed by atoms with van der Waals surface area (Å²) in [5.41, 5.74) is 1.61. The smallest absolute Gasteiger partial charge is 0.123 e. The highest BCUT2D eigenvalue weighted by atomic mass is 19.1. The zero-order valence-corrected chi connectivity index (χ0v) is 14.1. The number of nitrogens with one attached hydrogen (secondary N) is 1. The molecule has 0 aliphatic heterocycles. The second kappa shape index (κ2) is 6.48. The first kappa shape index (κ1) is 16.5. The summed E-state index contributed by atoms with van der Waals surface area (Å²) < 4.78 is 13.1. The molecule has 0 bridgehead atoms. The van der Waals surface area contributed by atoms with Crippen molar-refractivity contribution in [3.8, 4) is 0 Å². The van der Waals surface area contributed by atoms with Gasteiger partial charge in [0.2, 0.25) is 0 Å². The van der Waals surface area contributed by atoms with E-state index in [1.807, 2.05) is 12.1 Å². The Morgan fingerprint density at radius 3 is 2.29 bits per heavy atom. The minimum Gasteiger partial charge on any atom is -0.307 e. The average molecular weight is 291 g/mol. The Hall–Kier alpha value is -0.890. The van der Waals surface area contributed by atoms with Gasteiger partial charge >= 0.3 is 0 Å². The first-order valence-corrected chi connectivity index (χ1v) is 8.28. The topological polar surface area (TPSA) is 12.0 Å². The van der Waals surface area contributed by atoms with E-state index in [1.165, 1.54) is 24.8 Å². The molecular formula is C19H30FN. The van der Waals surface area contributed by atoms with Crippen molar-refractivity contribution >= 4 is 0 Å². The molecule has 3 atom stereocenters. The van der Waals surface area contributed by atoms with E-state index >= 15 is 0 Å². The van der Waals surface area contributed by atoms with E-state index in [2.05, 4.69) is 39.9 Å². The van der Waals surface area contributed by atoms with Crippen molar-refractivity contribution in [2.24, 2.45) is 17.3 Å². The lowest BCUT2D eigenvalue weighted by Gasteiger charge is -2.41. The molecule has 0 radical (unpaired) electrons. The lowest BCUT2D eigenvalue weighted by molar-refractivity contribution is 0.138. The third kappa shape index (κ3) is 4.54. The van der Waals surface area contributed by atoms with E-state index < -0.39 is 0 Å². The summed E-state index contributed by atoms with van der Waals surface area (Å²) in [5, 5.41) is 3.85. The SMILES string of the molecule is CC1CC(NC(c2ccc(F)cc2)C(C)C)CC(C)(C)C1. The molecule has 1 N–H and O–H groups in total. The summed E-state index contributed by atoms with van der Waals surface area (Å²) in [6.07, 6.45) is 3.78. The number of hydrogen-bond donors (Lipinski definition) is 1. The fourth-order valence-electron chi connectivity index (χ4n) is 4.07. The molecule has 0 saturated heterocycles. The molecule has 2 rings (SSSR count). The Morgan fingerprint density at radius 1 is 1.14 bits per heavy atom. The van der Waals surface area contributed by atoms with Crippen molar-refractivity contribution < 1.29 is 4.39 Å². The van der Waals surface area contributed by atoms with Crippen LogP contribution in [-0.2, 0) is 0 Å². The molecule has 21 heavy (non-hydrogen) atoms. The van der Waals surface area contributed by atoms with Crippen molar-refractivity contribution in [3.05, 3.63) is 35.6 Å². The van der Waals surface area contributed by atoms with E-state index in [0.29, 0.717) is 23.4 Å². The Balaban J connectivity index is 2.11. The molecule has 1 saturated carbocycles. The van der Waals surface area contributed by atoms with Gasteiger partial charge in [-0.15, -0.1) is 0 Å². The van der Waals surface area contributed by atoms with E-state index in [0.717, 1.165) is 5.92 Å². The Bertz CT molecular complexity index is 449. The second-order valence-corrected chi connectivity index (χ2v) is 8.05. The Kier molecular flexibility index (Phi) is 5.08. The fraction of sp³-hybridized carbons (Fsp3) is 0.684. The summed E-state index contributed by atoms with van der Waals surface area (Å²) in [7, 11) is 0. The van der Waals surface area contributed by atoms with Gasteiger partial charge in [0, 0.05) is 12.1 Å². The monoisotopic (exact) mass is 291 g/mol. The van der Waals surface area contributed by atoms with Gasteiger partial charge in [-0.2, -0.15) is 0 Å². The van der Waals surface area contributed by atoms with Crippen LogP contribution in [0, 0.1) is 23.1 Å². The van der Waals surface area contributed by atoms with Crippen LogP contribution in [0.2, 0.25) is 0 Å². The number of benzene rings is 1. The van der Waals surface area contributed by atoms with Crippen molar-refractivity contribution in [2.75, 3.05) is 0 Å². The van der Waals surface area contributed by atoms with E-state index in [4.69, 9.17) is 0 Å². The van der Waals surface area contributed by atoms with Crippen molar-refractivity contribution in [3.63, 3.8) is 0 Å². The number of hydrogen-bond acceptors (Lipinski definition) is 1. The van der Waals surface area contributed by atoms with E-state index in [-0.39, 0.29) is 5.82 Å². The van der Waals surface area contributed by atoms with Gasteiger partial charge < -0.3 is 5.32 Å². The third-order valence-corrected chi connectivity index (χ3v) is 4.70. The van der Waals surface area contributed by atoms with Crippen molar-refractivity contribution in [1.29, 1.82) is 0 Å². The van der Waals surface area contributed by atoms with Gasteiger partial charge in [-0.1, -0.05) is 46.8 Å². The minimum absolute atomic E-state index is 0.159. The zero-order valence-electron chi connectivity index (χ0n) is 14.1. The molecule has 1 fully saturated rings. The van der Waals surface area contributed by atoms with Gasteiger partial charge in [-0.05, 0) is 54.2 Å². The molecular weight excluding hydrogens is 261 g/mol. The van der Waals surface area contributed by atoms with E-state index in [1.54, 1.807) is 12.1 Å². The highest BCUT2D eigenvalue weighted by Crippen LogP contribution is 2.39. The van der Waals surface area contributed by atoms with Crippen molar-refractivity contribution in [1.82, 2.24) is 5.32 Å². The van der Waals surface area contributed by atoms with Crippen LogP contribution in [0.5, 0.6) is 0 Å². The lowest BCUT2D eigenvalue weighted by atomic mass is 9.70. The molecule has 1 aliphatic carbocycles. The van der Waals surface area contributed by atoms with Gasteiger partial charge in [0.15, 0.2) is 0 Å². The Labute approximate surface area is 129 Å². The van der Waals surface area contributed by atoms with Crippen LogP contribution in [0.3, 0.4) is 0 Å². The summed E-state index contributed by atoms with van der Waals surface area (Å²) in [5.74, 6) is 1.11. The van der Waals surface area contributed by atoms with E-state index in [9.17, 15) is 4.39 Å². The molecule has 0 aromatic heterocycles. The standard InChI is InChI=1S/C19H30FN/c1-13(2)18(15-6-8-16(20)9-7-15)21-17-10-14(3)11-19(4,5)12-17/h6-9,13-14,17-18,21H,10-12H2,1-5H3. The van der Waals surface area contributed by atoms with Gasteiger partial charge in [0.05, 0.1) is 0 Å². The molecule has 3 unspecified atom stereocenters. The van der Waals surface area contributed by atoms with Crippen LogP contribution in [0.25, 0.3) is 0 Å². The second-order valence-electron chi connectivity index (χ2n) is 8.05. The molecule has 1 aromatic rings. The Morgan fingerprint density at radius 2 is 1.76 bits per heavy atom. The fourth-order valence-corrected chi connectivity index (χ4v) is 4.07. The van der Waals surface area contributed by atoms with Crippen LogP contribution in [0.4, 0.5) is 4.39 Å². The largest absolute Gasteiger partial charge is 0.307 e. The molecule has 0 spiro atoms. The minimum atomic E-state index is -0.159. The summed E-state index contributed by atoms with van der Waals surface area (Å²) in [4.78, 5) is 0. The van der Waals surface area contributed by atoms with Crippen LogP contribution < -0.4 is 5.32 Å². The highest BCUT2D eigenvalue weighted by Gasteiger charge is 2.33. The lowest BCUT2D eigenvalue weighted by Crippen LogP contribution is -2.43. The molecule has 2 heteroatoms. The van der Waals surface area contributed by atoms with Gasteiger partial charge in [-0.3, -0.25) is 0 Å². The third-order valence-electron chi connectivity index (χ3n) is 4.70. The molecule has 1 aliphatic rings. The average Bonchev–Trinajstić information content (AvgIpc) is 2.34. The van der Waals surface area contributed by atoms with Gasteiger partial charge in [0.25, 0.3) is 0 Å². The van der Waals surface area contributed by atoms with Crippen LogP contribution in [0.15, 0.2) is 24.3 Å². The molecule has 118 valence electrons.